The molecule has 0 aromatic heterocycles. The second-order valence-corrected chi connectivity index (χ2v) is 4.84. The van der Waals surface area contributed by atoms with Crippen LogP contribution in [0.4, 0.5) is 4.79 Å². The van der Waals surface area contributed by atoms with E-state index in [0.717, 1.165) is 20.0 Å². The van der Waals surface area contributed by atoms with Gasteiger partial charge in [-0.2, -0.15) is 13.1 Å². The summed E-state index contributed by atoms with van der Waals surface area (Å²) in [6.07, 6.45) is 0.902. The first-order valence-electron chi connectivity index (χ1n) is 4.56. The van der Waals surface area contributed by atoms with E-state index in [9.17, 15) is 13.2 Å². The fourth-order valence-corrected chi connectivity index (χ4v) is 2.26. The van der Waals surface area contributed by atoms with Crippen molar-refractivity contribution in [1.29, 1.82) is 0 Å². The summed E-state index contributed by atoms with van der Waals surface area (Å²) in [5, 5.41) is 0. The van der Waals surface area contributed by atoms with Gasteiger partial charge >= 0.3 is 16.3 Å². The highest BCUT2D eigenvalue weighted by Crippen LogP contribution is 2.32. The highest BCUT2D eigenvalue weighted by Gasteiger charge is 2.33. The maximum Gasteiger partial charge on any atom is 0.421 e. The number of nitrogens with one attached hydrogen (secondary N) is 2. The summed E-state index contributed by atoms with van der Waals surface area (Å²) in [7, 11) is -2.77. The van der Waals surface area contributed by atoms with Crippen LogP contribution in [0.5, 0.6) is 0 Å². The highest BCUT2D eigenvalue weighted by atomic mass is 32.2. The number of rotatable bonds is 5. The molecule has 1 fully saturated rings. The zero-order chi connectivity index (χ0) is 11.5. The van der Waals surface area contributed by atoms with Gasteiger partial charge in [0.2, 0.25) is 0 Å². The summed E-state index contributed by atoms with van der Waals surface area (Å²) >= 11 is 0. The molecule has 0 bridgehead atoms. The van der Waals surface area contributed by atoms with Crippen molar-refractivity contribution in [2.45, 2.75) is 18.9 Å². The molecule has 0 aromatic carbocycles. The number of methoxy groups -OCH3 is 1. The molecule has 1 amide bonds. The predicted octanol–water partition coefficient (Wildman–Crippen LogP) is -1.09. The second kappa shape index (κ2) is 4.77. The van der Waals surface area contributed by atoms with Gasteiger partial charge in [-0.3, -0.25) is 0 Å². The van der Waals surface area contributed by atoms with Crippen LogP contribution >= 0.6 is 0 Å². The average molecular weight is 237 g/mol. The summed E-state index contributed by atoms with van der Waals surface area (Å²) in [6.45, 7) is 0.215. The summed E-state index contributed by atoms with van der Waals surface area (Å²) in [6, 6.07) is -0.313. The first-order chi connectivity index (χ1) is 6.98. The molecule has 0 heterocycles. The lowest BCUT2D eigenvalue weighted by molar-refractivity contribution is 0.177. The molecule has 0 spiro atoms. The molecule has 1 aliphatic carbocycles. The lowest BCUT2D eigenvalue weighted by Crippen LogP contribution is -2.48. The molecule has 1 aliphatic rings. The van der Waals surface area contributed by atoms with E-state index in [4.69, 9.17) is 5.73 Å². The first kappa shape index (κ1) is 12.2. The molecule has 7 nitrogen and oxygen atoms in total. The predicted molar refractivity (Wildman–Crippen MR) is 53.2 cm³/mol. The minimum Gasteiger partial charge on any atom is -0.452 e. The quantitative estimate of drug-likeness (QED) is 0.563. The van der Waals surface area contributed by atoms with E-state index in [1.165, 1.54) is 0 Å². The number of carbonyl (C=O) groups is 1. The van der Waals surface area contributed by atoms with Gasteiger partial charge in [0, 0.05) is 12.6 Å². The number of hydrogen-bond acceptors (Lipinski definition) is 5. The van der Waals surface area contributed by atoms with Crippen LogP contribution < -0.4 is 15.2 Å². The second-order valence-electron chi connectivity index (χ2n) is 3.39. The monoisotopic (exact) mass is 237 g/mol. The Balaban J connectivity index is 2.50. The normalized spacial score (nSPS) is 18.3. The summed E-state index contributed by atoms with van der Waals surface area (Å²) < 4.78 is 30.8. The van der Waals surface area contributed by atoms with Crippen molar-refractivity contribution in [3.05, 3.63) is 0 Å². The van der Waals surface area contributed by atoms with Gasteiger partial charge in [0.05, 0.1) is 7.11 Å². The Morgan fingerprint density at radius 1 is 1.60 bits per heavy atom. The molecular weight excluding hydrogens is 222 g/mol. The Labute approximate surface area is 88.5 Å². The Kier molecular flexibility index (Phi) is 3.89. The maximum absolute atomic E-state index is 11.3. The van der Waals surface area contributed by atoms with Crippen LogP contribution in [0.15, 0.2) is 0 Å². The van der Waals surface area contributed by atoms with Gasteiger partial charge in [0.1, 0.15) is 0 Å². The zero-order valence-electron chi connectivity index (χ0n) is 8.39. The van der Waals surface area contributed by atoms with E-state index in [-0.39, 0.29) is 18.5 Å². The topological polar surface area (TPSA) is 111 Å². The third kappa shape index (κ3) is 4.02. The van der Waals surface area contributed by atoms with Gasteiger partial charge in [-0.25, -0.2) is 9.52 Å². The molecule has 1 atom stereocenters. The third-order valence-corrected chi connectivity index (χ3v) is 3.20. The summed E-state index contributed by atoms with van der Waals surface area (Å²) in [5.74, 6) is 0.282. The minimum absolute atomic E-state index is 0.215. The molecule has 4 N–H and O–H groups in total. The van der Waals surface area contributed by atoms with Gasteiger partial charge in [0.15, 0.2) is 0 Å². The molecule has 1 unspecified atom stereocenters. The number of amides is 1. The average Bonchev–Trinajstić information content (AvgIpc) is 2.96. The van der Waals surface area contributed by atoms with Crippen molar-refractivity contribution in [2.24, 2.45) is 11.7 Å². The van der Waals surface area contributed by atoms with E-state index in [1.54, 1.807) is 4.72 Å². The van der Waals surface area contributed by atoms with E-state index in [1.807, 2.05) is 0 Å². The molecular formula is C7H15N3O4S. The van der Waals surface area contributed by atoms with Crippen molar-refractivity contribution in [3.8, 4) is 0 Å². The fourth-order valence-electron chi connectivity index (χ4n) is 1.22. The van der Waals surface area contributed by atoms with Gasteiger partial charge in [-0.05, 0) is 18.8 Å². The Morgan fingerprint density at radius 3 is 2.60 bits per heavy atom. The molecule has 15 heavy (non-hydrogen) atoms. The number of ether oxygens (including phenoxy) is 1. The lowest BCUT2D eigenvalue weighted by Gasteiger charge is -2.15. The Bertz CT molecular complexity index is 325. The molecule has 0 aromatic rings. The number of hydrogen-bond donors (Lipinski definition) is 3. The van der Waals surface area contributed by atoms with Crippen molar-refractivity contribution < 1.29 is 17.9 Å². The lowest BCUT2D eigenvalue weighted by atomic mass is 10.2. The minimum atomic E-state index is -3.86. The molecule has 88 valence electrons. The van der Waals surface area contributed by atoms with E-state index in [2.05, 4.69) is 9.46 Å². The molecule has 1 rings (SSSR count). The van der Waals surface area contributed by atoms with Gasteiger partial charge in [-0.1, -0.05) is 0 Å². The van der Waals surface area contributed by atoms with Gasteiger partial charge in [-0.15, -0.1) is 0 Å². The smallest absolute Gasteiger partial charge is 0.421 e. The van der Waals surface area contributed by atoms with Crippen molar-refractivity contribution in [1.82, 2.24) is 9.44 Å². The van der Waals surface area contributed by atoms with E-state index >= 15 is 0 Å². The SMILES string of the molecule is COC(=O)NS(=O)(=O)NC(CN)C1CC1. The van der Waals surface area contributed by atoms with Crippen LogP contribution in [-0.4, -0.2) is 34.2 Å². The van der Waals surface area contributed by atoms with Crippen LogP contribution in [0.2, 0.25) is 0 Å². The van der Waals surface area contributed by atoms with Crippen LogP contribution in [-0.2, 0) is 14.9 Å². The van der Waals surface area contributed by atoms with Crippen LogP contribution in [0, 0.1) is 5.92 Å². The Morgan fingerprint density at radius 2 is 2.20 bits per heavy atom. The molecule has 0 radical (unpaired) electrons. The van der Waals surface area contributed by atoms with Crippen molar-refractivity contribution in [2.75, 3.05) is 13.7 Å². The van der Waals surface area contributed by atoms with Gasteiger partial charge < -0.3 is 10.5 Å². The molecule has 0 aliphatic heterocycles. The van der Waals surface area contributed by atoms with Crippen LogP contribution in [0.25, 0.3) is 0 Å². The van der Waals surface area contributed by atoms with Crippen molar-refractivity contribution in [3.63, 3.8) is 0 Å². The maximum atomic E-state index is 11.3. The largest absolute Gasteiger partial charge is 0.452 e. The fraction of sp³-hybridized carbons (Fsp3) is 0.857. The van der Waals surface area contributed by atoms with Crippen LogP contribution in [0.3, 0.4) is 0 Å². The van der Waals surface area contributed by atoms with Crippen molar-refractivity contribution >= 4 is 16.3 Å². The summed E-state index contributed by atoms with van der Waals surface area (Å²) in [5.41, 5.74) is 5.41. The number of carbonyl (C=O) groups excluding carboxylic acids is 1. The molecule has 0 saturated heterocycles. The molecule has 8 heteroatoms. The molecule has 1 saturated carbocycles. The zero-order valence-corrected chi connectivity index (χ0v) is 9.21. The standard InChI is InChI=1S/C7H15N3O4S/c1-14-7(11)10-15(12,13)9-6(4-8)5-2-3-5/h5-6,9H,2-4,8H2,1H3,(H,10,11). The third-order valence-electron chi connectivity index (χ3n) is 2.15. The highest BCUT2D eigenvalue weighted by molar-refractivity contribution is 7.88. The first-order valence-corrected chi connectivity index (χ1v) is 6.05. The van der Waals surface area contributed by atoms with Gasteiger partial charge in [0.25, 0.3) is 0 Å². The Hall–Kier alpha value is -0.860. The number of nitrogens with two attached hydrogens (primary N) is 1. The summed E-state index contributed by atoms with van der Waals surface area (Å²) in [4.78, 5) is 10.7. The van der Waals surface area contributed by atoms with E-state index < -0.39 is 16.3 Å². The van der Waals surface area contributed by atoms with Crippen LogP contribution in [0.1, 0.15) is 12.8 Å². The van der Waals surface area contributed by atoms with E-state index in [0.29, 0.717) is 0 Å².